The van der Waals surface area contributed by atoms with E-state index in [9.17, 15) is 9.59 Å². The number of carbonyl (C=O) groups is 1. The molecule has 4 aromatic rings. The van der Waals surface area contributed by atoms with Crippen LogP contribution in [0, 0.1) is 6.92 Å². The topological polar surface area (TPSA) is 65.7 Å². The van der Waals surface area contributed by atoms with Gasteiger partial charge in [0.15, 0.2) is 5.75 Å². The van der Waals surface area contributed by atoms with Crippen LogP contribution in [0.4, 0.5) is 0 Å². The summed E-state index contributed by atoms with van der Waals surface area (Å²) in [6.07, 6.45) is 1.33. The van der Waals surface area contributed by atoms with Gasteiger partial charge in [0.2, 0.25) is 5.43 Å². The van der Waals surface area contributed by atoms with Crippen molar-refractivity contribution in [1.82, 2.24) is 0 Å². The molecule has 0 spiro atoms. The van der Waals surface area contributed by atoms with Crippen molar-refractivity contribution in [3.05, 3.63) is 85.6 Å². The van der Waals surface area contributed by atoms with Crippen molar-refractivity contribution < 1.29 is 18.7 Å². The lowest BCUT2D eigenvalue weighted by Gasteiger charge is -2.22. The molecule has 0 fully saturated rings. The first-order valence-corrected chi connectivity index (χ1v) is 10.5. The summed E-state index contributed by atoms with van der Waals surface area (Å²) >= 11 is 17.8. The summed E-state index contributed by atoms with van der Waals surface area (Å²) in [7, 11) is 0. The Morgan fingerprint density at radius 1 is 0.938 bits per heavy atom. The van der Waals surface area contributed by atoms with E-state index in [0.717, 1.165) is 11.5 Å². The summed E-state index contributed by atoms with van der Waals surface area (Å²) in [4.78, 5) is 23.6. The van der Waals surface area contributed by atoms with Gasteiger partial charge in [-0.1, -0.05) is 40.9 Å². The Bertz CT molecular complexity index is 1420. The molecule has 0 saturated heterocycles. The maximum Gasteiger partial charge on any atom is 0.308 e. The predicted molar refractivity (Wildman–Crippen MR) is 126 cm³/mol. The highest BCUT2D eigenvalue weighted by Crippen LogP contribution is 2.46. The van der Waals surface area contributed by atoms with Crippen molar-refractivity contribution in [2.45, 2.75) is 13.8 Å². The molecular formula is C24H15Cl3O5. The first-order chi connectivity index (χ1) is 15.2. The SMILES string of the molecule is CC(=O)Oc1ccc2c(=O)c(-c3ccc(Cl)cc3Cl)coc2c1.Cc1c2ccc(Cl)c1O2. The normalized spacial score (nSPS) is 11.2. The van der Waals surface area contributed by atoms with E-state index in [1.807, 2.05) is 19.1 Å². The Balaban J connectivity index is 0.000000225. The van der Waals surface area contributed by atoms with Crippen LogP contribution in [0.25, 0.3) is 22.1 Å². The fraction of sp³-hybridized carbons (Fsp3) is 0.0833. The maximum atomic E-state index is 12.6. The first kappa shape index (κ1) is 22.2. The molecule has 162 valence electrons. The van der Waals surface area contributed by atoms with Crippen LogP contribution in [0.1, 0.15) is 12.5 Å². The molecule has 0 saturated carbocycles. The van der Waals surface area contributed by atoms with Gasteiger partial charge in [0.25, 0.3) is 0 Å². The number of hydrogen-bond donors (Lipinski definition) is 0. The summed E-state index contributed by atoms with van der Waals surface area (Å²) in [5, 5.41) is 1.92. The molecule has 6 rings (SSSR count). The van der Waals surface area contributed by atoms with Crippen LogP contribution in [0.2, 0.25) is 15.1 Å². The summed E-state index contributed by atoms with van der Waals surface area (Å²) in [5.41, 5.74) is 2.13. The van der Waals surface area contributed by atoms with Crippen molar-refractivity contribution in [2.24, 2.45) is 0 Å². The number of benzene rings is 3. The molecule has 1 aromatic heterocycles. The standard InChI is InChI=1S/C17H10Cl2O4.C7H5ClO/c1-9(20)23-11-3-5-13-16(7-11)22-8-14(17(13)21)12-4-2-10(18)6-15(12)19;1-4-6-3-2-5(8)7(4)9-6/h2-8H,1H3;2-3H,1H3. The Kier molecular flexibility index (Phi) is 6.15. The van der Waals surface area contributed by atoms with Crippen LogP contribution in [-0.4, -0.2) is 5.97 Å². The number of rotatable bonds is 2. The molecule has 0 amide bonds. The third kappa shape index (κ3) is 4.32. The van der Waals surface area contributed by atoms with Crippen LogP contribution >= 0.6 is 34.8 Å². The second kappa shape index (κ2) is 8.87. The van der Waals surface area contributed by atoms with Gasteiger partial charge >= 0.3 is 5.97 Å². The van der Waals surface area contributed by atoms with Crippen LogP contribution in [0.15, 0.2) is 64.0 Å². The minimum Gasteiger partial charge on any atom is -0.463 e. The van der Waals surface area contributed by atoms with E-state index in [4.69, 9.17) is 48.7 Å². The van der Waals surface area contributed by atoms with Gasteiger partial charge in [-0.3, -0.25) is 9.59 Å². The second-order valence-electron chi connectivity index (χ2n) is 6.96. The molecule has 3 aromatic carbocycles. The predicted octanol–water partition coefficient (Wildman–Crippen LogP) is 7.45. The Morgan fingerprint density at radius 3 is 2.31 bits per heavy atom. The van der Waals surface area contributed by atoms with Gasteiger partial charge in [-0.2, -0.15) is 0 Å². The van der Waals surface area contributed by atoms with E-state index in [-0.39, 0.29) is 5.43 Å². The van der Waals surface area contributed by atoms with Crippen LogP contribution in [0.3, 0.4) is 0 Å². The van der Waals surface area contributed by atoms with E-state index in [1.54, 1.807) is 24.3 Å². The van der Waals surface area contributed by atoms with E-state index < -0.39 is 5.97 Å². The molecule has 3 heterocycles. The van der Waals surface area contributed by atoms with Crippen LogP contribution in [-0.2, 0) is 4.79 Å². The molecule has 0 radical (unpaired) electrons. The highest BCUT2D eigenvalue weighted by atomic mass is 35.5. The van der Waals surface area contributed by atoms with Crippen molar-refractivity contribution >= 4 is 51.7 Å². The molecule has 0 N–H and O–H groups in total. The molecule has 8 heteroatoms. The highest BCUT2D eigenvalue weighted by molar-refractivity contribution is 6.36. The third-order valence-electron chi connectivity index (χ3n) is 4.75. The molecule has 2 aliphatic rings. The zero-order valence-electron chi connectivity index (χ0n) is 16.9. The Hall–Kier alpha value is -2.99. The Labute approximate surface area is 198 Å². The van der Waals surface area contributed by atoms with Crippen LogP contribution < -0.4 is 14.9 Å². The number of fused-ring (bicyclic) bond motifs is 3. The molecule has 0 unspecified atom stereocenters. The summed E-state index contributed by atoms with van der Waals surface area (Å²) in [6, 6.07) is 13.2. The van der Waals surface area contributed by atoms with Gasteiger partial charge in [-0.25, -0.2) is 0 Å². The lowest BCUT2D eigenvalue weighted by Crippen LogP contribution is -2.06. The van der Waals surface area contributed by atoms with Gasteiger partial charge in [-0.05, 0) is 43.3 Å². The molecule has 0 atom stereocenters. The van der Waals surface area contributed by atoms with Gasteiger partial charge in [0.1, 0.15) is 23.3 Å². The number of aryl methyl sites for hydroxylation is 1. The van der Waals surface area contributed by atoms with E-state index in [1.165, 1.54) is 30.9 Å². The third-order valence-corrected chi connectivity index (χ3v) is 5.59. The largest absolute Gasteiger partial charge is 0.463 e. The molecule has 5 nitrogen and oxygen atoms in total. The summed E-state index contributed by atoms with van der Waals surface area (Å²) in [6.45, 7) is 3.30. The molecule has 2 aliphatic heterocycles. The molecule has 2 bridgehead atoms. The average molecular weight is 490 g/mol. The number of hydrogen-bond acceptors (Lipinski definition) is 5. The molecule has 32 heavy (non-hydrogen) atoms. The maximum absolute atomic E-state index is 12.6. The van der Waals surface area contributed by atoms with Crippen molar-refractivity contribution in [2.75, 3.05) is 0 Å². The lowest BCUT2D eigenvalue weighted by atomic mass is 10.1. The minimum absolute atomic E-state index is 0.232. The average Bonchev–Trinajstić information content (AvgIpc) is 2.74. The minimum atomic E-state index is -0.448. The van der Waals surface area contributed by atoms with Crippen molar-refractivity contribution in [1.29, 1.82) is 0 Å². The van der Waals surface area contributed by atoms with Gasteiger partial charge < -0.3 is 13.9 Å². The number of esters is 1. The molecular weight excluding hydrogens is 475 g/mol. The molecule has 0 aliphatic carbocycles. The number of ether oxygens (including phenoxy) is 2. The van der Waals surface area contributed by atoms with Crippen molar-refractivity contribution in [3.8, 4) is 28.4 Å². The van der Waals surface area contributed by atoms with Gasteiger partial charge in [0.05, 0.1) is 21.0 Å². The van der Waals surface area contributed by atoms with Crippen molar-refractivity contribution in [3.63, 3.8) is 0 Å². The summed E-state index contributed by atoms with van der Waals surface area (Å²) < 4.78 is 15.6. The quantitative estimate of drug-likeness (QED) is 0.190. The zero-order chi connectivity index (χ0) is 23.0. The van der Waals surface area contributed by atoms with E-state index in [0.29, 0.717) is 42.9 Å². The van der Waals surface area contributed by atoms with E-state index >= 15 is 0 Å². The fourth-order valence-electron chi connectivity index (χ4n) is 3.17. The smallest absolute Gasteiger partial charge is 0.308 e. The van der Waals surface area contributed by atoms with Gasteiger partial charge in [-0.15, -0.1) is 0 Å². The summed E-state index contributed by atoms with van der Waals surface area (Å²) in [5.74, 6) is 1.66. The number of halogens is 3. The monoisotopic (exact) mass is 488 g/mol. The first-order valence-electron chi connectivity index (χ1n) is 9.41. The number of carbonyl (C=O) groups excluding carboxylic acids is 1. The zero-order valence-corrected chi connectivity index (χ0v) is 19.1. The van der Waals surface area contributed by atoms with E-state index in [2.05, 4.69) is 0 Å². The lowest BCUT2D eigenvalue weighted by molar-refractivity contribution is -0.131. The van der Waals surface area contributed by atoms with Crippen LogP contribution in [0.5, 0.6) is 17.2 Å². The Morgan fingerprint density at radius 2 is 1.72 bits per heavy atom. The van der Waals surface area contributed by atoms with Gasteiger partial charge in [0, 0.05) is 29.1 Å². The second-order valence-corrected chi connectivity index (χ2v) is 8.21. The highest BCUT2D eigenvalue weighted by Gasteiger charge is 2.20. The fourth-order valence-corrected chi connectivity index (χ4v) is 3.93.